The van der Waals surface area contributed by atoms with Gasteiger partial charge in [0, 0.05) is 7.05 Å². The number of amides is 1. The quantitative estimate of drug-likeness (QED) is 0.529. The molecule has 0 saturated heterocycles. The maximum absolute atomic E-state index is 11.8. The highest BCUT2D eigenvalue weighted by Crippen LogP contribution is 2.22. The predicted octanol–water partition coefficient (Wildman–Crippen LogP) is -0.853. The minimum atomic E-state index is -0.377. The molecule has 2 aliphatic rings. The number of rotatable bonds is 1. The molecular weight excluding hydrogens is 194 g/mol. The maximum Gasteiger partial charge on any atom is 0.256 e. The number of carbonyl (C=O) groups excluding carboxylic acids is 1. The molecule has 82 valence electrons. The lowest BCUT2D eigenvalue weighted by molar-refractivity contribution is -0.974. The second-order valence-corrected chi connectivity index (χ2v) is 4.66. The number of hydrogen-bond acceptors (Lipinski definition) is 4. The number of nitrogens with zero attached hydrogens (tertiary/aromatic N) is 5. The van der Waals surface area contributed by atoms with E-state index in [1.807, 2.05) is 26.2 Å². The molecule has 0 spiro atoms. The van der Waals surface area contributed by atoms with Gasteiger partial charge in [-0.2, -0.15) is 5.01 Å². The van der Waals surface area contributed by atoms with E-state index in [-0.39, 0.29) is 18.1 Å². The van der Waals surface area contributed by atoms with Crippen molar-refractivity contribution in [2.45, 2.75) is 12.2 Å². The van der Waals surface area contributed by atoms with Crippen LogP contribution in [0.25, 0.3) is 0 Å². The van der Waals surface area contributed by atoms with Crippen LogP contribution in [-0.4, -0.2) is 73.5 Å². The van der Waals surface area contributed by atoms with E-state index in [9.17, 15) is 4.79 Å². The van der Waals surface area contributed by atoms with Crippen molar-refractivity contribution >= 4 is 18.6 Å². The molecule has 0 saturated carbocycles. The summed E-state index contributed by atoms with van der Waals surface area (Å²) in [5, 5.41) is 1.96. The van der Waals surface area contributed by atoms with E-state index in [2.05, 4.69) is 9.98 Å². The van der Waals surface area contributed by atoms with Gasteiger partial charge >= 0.3 is 0 Å². The van der Waals surface area contributed by atoms with Crippen LogP contribution in [0.15, 0.2) is 9.98 Å². The lowest BCUT2D eigenvalue weighted by atomic mass is 10.2. The third-order valence-electron chi connectivity index (χ3n) is 2.59. The van der Waals surface area contributed by atoms with Gasteiger partial charge in [-0.1, -0.05) is 0 Å². The molecule has 1 amide bonds. The Labute approximate surface area is 89.1 Å². The van der Waals surface area contributed by atoms with Crippen molar-refractivity contribution < 1.29 is 9.39 Å². The number of hydrogen-bond donors (Lipinski definition) is 0. The van der Waals surface area contributed by atoms with Crippen LogP contribution >= 0.6 is 0 Å². The zero-order valence-corrected chi connectivity index (χ0v) is 9.45. The fraction of sp³-hybridized carbons (Fsp3) is 0.667. The maximum atomic E-state index is 11.8. The van der Waals surface area contributed by atoms with E-state index in [0.29, 0.717) is 4.59 Å². The molecule has 6 nitrogen and oxygen atoms in total. The van der Waals surface area contributed by atoms with Crippen LogP contribution in [0.2, 0.25) is 0 Å². The van der Waals surface area contributed by atoms with Crippen LogP contribution in [0.3, 0.4) is 0 Å². The monoisotopic (exact) mass is 210 g/mol. The third kappa shape index (κ3) is 1.50. The predicted molar refractivity (Wildman–Crippen MR) is 57.2 cm³/mol. The first kappa shape index (κ1) is 10.1. The average Bonchev–Trinajstić information content (AvgIpc) is 2.54. The van der Waals surface area contributed by atoms with Gasteiger partial charge in [-0.15, -0.1) is 0 Å². The normalized spacial score (nSPS) is 30.0. The number of carbonyl (C=O) groups is 1. The lowest BCUT2D eigenvalue weighted by Crippen LogP contribution is -2.58. The Morgan fingerprint density at radius 1 is 1.27 bits per heavy atom. The van der Waals surface area contributed by atoms with E-state index >= 15 is 0 Å². The topological polar surface area (TPSA) is 48.3 Å². The third-order valence-corrected chi connectivity index (χ3v) is 2.59. The minimum Gasteiger partial charge on any atom is -0.304 e. The van der Waals surface area contributed by atoms with E-state index in [1.165, 1.54) is 4.90 Å². The van der Waals surface area contributed by atoms with Gasteiger partial charge in [-0.05, 0) is 0 Å². The second-order valence-electron chi connectivity index (χ2n) is 4.66. The Balaban J connectivity index is 2.29. The summed E-state index contributed by atoms with van der Waals surface area (Å²) < 4.78 is 0.582. The fourth-order valence-electron chi connectivity index (χ4n) is 1.71. The van der Waals surface area contributed by atoms with Gasteiger partial charge < -0.3 is 4.90 Å². The van der Waals surface area contributed by atoms with Crippen molar-refractivity contribution in [3.05, 3.63) is 0 Å². The molecule has 0 radical (unpaired) electrons. The van der Waals surface area contributed by atoms with Crippen molar-refractivity contribution in [1.29, 1.82) is 0 Å². The van der Waals surface area contributed by atoms with Crippen LogP contribution < -0.4 is 0 Å². The molecule has 6 heteroatoms. The van der Waals surface area contributed by atoms with Crippen molar-refractivity contribution in [2.75, 3.05) is 28.2 Å². The first-order valence-electron chi connectivity index (χ1n) is 4.85. The summed E-state index contributed by atoms with van der Waals surface area (Å²) in [7, 11) is 7.76. The highest BCUT2D eigenvalue weighted by Gasteiger charge is 2.44. The highest BCUT2D eigenvalue weighted by molar-refractivity contribution is 5.95. The summed E-state index contributed by atoms with van der Waals surface area (Å²) in [6.45, 7) is 0. The van der Waals surface area contributed by atoms with Crippen molar-refractivity contribution in [2.24, 2.45) is 9.98 Å². The molecule has 0 bridgehead atoms. The first-order valence-corrected chi connectivity index (χ1v) is 4.85. The van der Waals surface area contributed by atoms with E-state index < -0.39 is 0 Å². The zero-order chi connectivity index (χ0) is 11.2. The smallest absolute Gasteiger partial charge is 0.256 e. The molecule has 0 aliphatic carbocycles. The Morgan fingerprint density at radius 3 is 2.53 bits per heavy atom. The Bertz CT molecular complexity index is 343. The van der Waals surface area contributed by atoms with E-state index in [1.54, 1.807) is 19.7 Å². The summed E-state index contributed by atoms with van der Waals surface area (Å²) >= 11 is 0. The Hall–Kier alpha value is -1.43. The molecular formula is C9H16N5O+. The van der Waals surface area contributed by atoms with E-state index in [4.69, 9.17) is 0 Å². The molecule has 0 fully saturated rings. The lowest BCUT2D eigenvalue weighted by Gasteiger charge is -2.37. The molecule has 0 aromatic rings. The number of fused-ring (bicyclic) bond motifs is 1. The second kappa shape index (κ2) is 3.03. The molecule has 0 N–H and O–H groups in total. The summed E-state index contributed by atoms with van der Waals surface area (Å²) in [6, 6.07) is -0.377. The molecule has 2 unspecified atom stereocenters. The van der Waals surface area contributed by atoms with Crippen LogP contribution in [0.4, 0.5) is 0 Å². The van der Waals surface area contributed by atoms with Gasteiger partial charge in [-0.3, -0.25) is 9.79 Å². The highest BCUT2D eigenvalue weighted by atomic mass is 16.2. The summed E-state index contributed by atoms with van der Waals surface area (Å²) in [6.07, 6.45) is 3.10. The molecule has 0 aromatic heterocycles. The fourth-order valence-corrected chi connectivity index (χ4v) is 1.71. The van der Waals surface area contributed by atoms with Gasteiger partial charge in [0.15, 0.2) is 6.04 Å². The summed E-state index contributed by atoms with van der Waals surface area (Å²) in [5.74, 6) is 0.00204. The Kier molecular flexibility index (Phi) is 2.04. The van der Waals surface area contributed by atoms with Gasteiger partial charge in [-0.25, -0.2) is 9.58 Å². The average molecular weight is 210 g/mol. The molecule has 2 heterocycles. The summed E-state index contributed by atoms with van der Waals surface area (Å²) in [5.41, 5.74) is 0. The van der Waals surface area contributed by atoms with Crippen LogP contribution in [0, 0.1) is 0 Å². The van der Waals surface area contributed by atoms with Gasteiger partial charge in [0.05, 0.1) is 27.5 Å². The Morgan fingerprint density at radius 2 is 1.93 bits per heavy atom. The van der Waals surface area contributed by atoms with Gasteiger partial charge in [0.1, 0.15) is 6.34 Å². The largest absolute Gasteiger partial charge is 0.304 e. The summed E-state index contributed by atoms with van der Waals surface area (Å²) in [4.78, 5) is 21.8. The minimum absolute atomic E-state index is 0.00204. The standard InChI is InChI=1S/C9H16N5O/c1-12-5-11-8-7(9(12)15)10-6-13(8)14(2,3)4/h5-8H,1-4H3/q+1. The molecule has 0 aromatic carbocycles. The zero-order valence-electron chi connectivity index (χ0n) is 9.45. The number of quaternary nitrogens is 1. The molecule has 2 aliphatic heterocycles. The van der Waals surface area contributed by atoms with Gasteiger partial charge in [0.2, 0.25) is 6.17 Å². The van der Waals surface area contributed by atoms with Gasteiger partial charge in [0.25, 0.3) is 5.91 Å². The van der Waals surface area contributed by atoms with Crippen LogP contribution in [0.1, 0.15) is 0 Å². The number of likely N-dealkylation sites (N-methyl/N-ethyl adjacent to an activating group) is 1. The van der Waals surface area contributed by atoms with Crippen molar-refractivity contribution in [3.63, 3.8) is 0 Å². The van der Waals surface area contributed by atoms with E-state index in [0.717, 1.165) is 0 Å². The molecule has 15 heavy (non-hydrogen) atoms. The van der Waals surface area contributed by atoms with Crippen LogP contribution in [0.5, 0.6) is 0 Å². The van der Waals surface area contributed by atoms with Crippen molar-refractivity contribution in [1.82, 2.24) is 9.91 Å². The van der Waals surface area contributed by atoms with Crippen molar-refractivity contribution in [3.8, 4) is 0 Å². The number of aliphatic imine (C=N–C) groups is 2. The first-order chi connectivity index (χ1) is 6.91. The SMILES string of the molecule is CN1C=NC2C(N=CN2[N+](C)(C)C)C1=O. The molecule has 2 rings (SSSR count). The molecule has 2 atom stereocenters. The van der Waals surface area contributed by atoms with Crippen LogP contribution in [-0.2, 0) is 4.79 Å².